The Morgan fingerprint density at radius 3 is 2.55 bits per heavy atom. The van der Waals surface area contributed by atoms with Gasteiger partial charge < -0.3 is 14.8 Å². The van der Waals surface area contributed by atoms with E-state index in [-0.39, 0.29) is 24.4 Å². The minimum Gasteiger partial charge on any atom is -0.356 e. The molecule has 160 valence electrons. The van der Waals surface area contributed by atoms with E-state index in [4.69, 9.17) is 0 Å². The number of piperazine rings is 1. The topological polar surface area (TPSA) is 56.4 Å². The van der Waals surface area contributed by atoms with E-state index in [9.17, 15) is 9.59 Å². The fourth-order valence-electron chi connectivity index (χ4n) is 5.29. The summed E-state index contributed by atoms with van der Waals surface area (Å²) >= 11 is 0. The fraction of sp³-hybridized carbons (Fsp3) is 0.385. The van der Waals surface area contributed by atoms with Crippen molar-refractivity contribution in [2.45, 2.75) is 45.2 Å². The van der Waals surface area contributed by atoms with Crippen molar-refractivity contribution in [3.05, 3.63) is 71.4 Å². The summed E-state index contributed by atoms with van der Waals surface area (Å²) in [4.78, 5) is 34.0. The van der Waals surface area contributed by atoms with Crippen molar-refractivity contribution in [1.29, 1.82) is 0 Å². The van der Waals surface area contributed by atoms with Crippen molar-refractivity contribution in [3.8, 4) is 0 Å². The smallest absolute Gasteiger partial charge is 0.246 e. The van der Waals surface area contributed by atoms with Gasteiger partial charge in [0, 0.05) is 29.6 Å². The first kappa shape index (κ1) is 19.9. The second-order valence-electron chi connectivity index (χ2n) is 9.24. The van der Waals surface area contributed by atoms with Crippen molar-refractivity contribution < 1.29 is 9.59 Å². The third-order valence-electron chi connectivity index (χ3n) is 6.59. The van der Waals surface area contributed by atoms with Crippen molar-refractivity contribution >= 4 is 22.7 Å². The molecule has 1 aromatic heterocycles. The van der Waals surface area contributed by atoms with Gasteiger partial charge in [-0.25, -0.2) is 0 Å². The molecule has 5 nitrogen and oxygen atoms in total. The molecule has 5 rings (SSSR count). The van der Waals surface area contributed by atoms with Crippen molar-refractivity contribution in [1.82, 2.24) is 14.8 Å². The first-order valence-electron chi connectivity index (χ1n) is 11.3. The Hall–Kier alpha value is -3.08. The molecule has 0 saturated carbocycles. The maximum absolute atomic E-state index is 13.5. The molecule has 2 aliphatic heterocycles. The average molecular weight is 416 g/mol. The molecule has 2 aliphatic rings. The molecule has 1 unspecified atom stereocenters. The van der Waals surface area contributed by atoms with Gasteiger partial charge in [0.25, 0.3) is 0 Å². The highest BCUT2D eigenvalue weighted by molar-refractivity contribution is 5.97. The molecule has 3 aromatic rings. The lowest BCUT2D eigenvalue weighted by Crippen LogP contribution is -2.63. The van der Waals surface area contributed by atoms with Gasteiger partial charge in [-0.05, 0) is 36.0 Å². The highest BCUT2D eigenvalue weighted by Gasteiger charge is 2.47. The van der Waals surface area contributed by atoms with Gasteiger partial charge in [0.2, 0.25) is 11.8 Å². The first-order chi connectivity index (χ1) is 15.0. The van der Waals surface area contributed by atoms with Crippen molar-refractivity contribution in [2.75, 3.05) is 13.1 Å². The molecule has 0 radical (unpaired) electrons. The fourth-order valence-corrected chi connectivity index (χ4v) is 5.29. The third-order valence-corrected chi connectivity index (χ3v) is 6.59. The number of aromatic nitrogens is 1. The predicted octanol–water partition coefficient (Wildman–Crippen LogP) is 4.09. The van der Waals surface area contributed by atoms with Gasteiger partial charge in [-0.1, -0.05) is 62.4 Å². The Morgan fingerprint density at radius 2 is 1.77 bits per heavy atom. The minimum atomic E-state index is -0.410. The van der Waals surface area contributed by atoms with Crippen LogP contribution in [-0.4, -0.2) is 45.7 Å². The molecule has 0 spiro atoms. The van der Waals surface area contributed by atoms with E-state index in [2.05, 4.69) is 43.1 Å². The molecule has 3 heterocycles. The Balaban J connectivity index is 1.55. The lowest BCUT2D eigenvalue weighted by Gasteiger charge is -2.47. The van der Waals surface area contributed by atoms with E-state index in [1.165, 1.54) is 16.5 Å². The normalized spacial score (nSPS) is 21.0. The molecular formula is C26H29N3O2. The molecule has 31 heavy (non-hydrogen) atoms. The second-order valence-corrected chi connectivity index (χ2v) is 9.24. The number of hydrogen-bond acceptors (Lipinski definition) is 2. The van der Waals surface area contributed by atoms with Crippen LogP contribution in [0, 0.1) is 5.92 Å². The van der Waals surface area contributed by atoms with Crippen molar-refractivity contribution in [2.24, 2.45) is 5.92 Å². The third kappa shape index (κ3) is 3.52. The Labute approximate surface area is 183 Å². The number of nitrogens with zero attached hydrogens (tertiary/aromatic N) is 2. The van der Waals surface area contributed by atoms with Gasteiger partial charge in [-0.3, -0.25) is 9.59 Å². The molecule has 1 fully saturated rings. The SMILES string of the molecule is CC(C)CN1CC(=O)N2C(CCc3ccccc3)c3[nH]c4ccccc4c3C[C@@H]2C1=O. The summed E-state index contributed by atoms with van der Waals surface area (Å²) in [6, 6.07) is 18.1. The van der Waals surface area contributed by atoms with Crippen LogP contribution < -0.4 is 0 Å². The maximum Gasteiger partial charge on any atom is 0.246 e. The molecule has 2 aromatic carbocycles. The highest BCUT2D eigenvalue weighted by atomic mass is 16.2. The number of fused-ring (bicyclic) bond motifs is 4. The molecule has 2 atom stereocenters. The molecular weight excluding hydrogens is 386 g/mol. The maximum atomic E-state index is 13.5. The van der Waals surface area contributed by atoms with Gasteiger partial charge in [0.1, 0.15) is 6.04 Å². The highest BCUT2D eigenvalue weighted by Crippen LogP contribution is 2.41. The number of rotatable bonds is 5. The summed E-state index contributed by atoms with van der Waals surface area (Å²) < 4.78 is 0. The van der Waals surface area contributed by atoms with Crippen LogP contribution in [-0.2, 0) is 22.4 Å². The van der Waals surface area contributed by atoms with Crippen LogP contribution in [0.15, 0.2) is 54.6 Å². The zero-order valence-corrected chi connectivity index (χ0v) is 18.2. The number of carbonyl (C=O) groups is 2. The number of hydrogen-bond donors (Lipinski definition) is 1. The zero-order chi connectivity index (χ0) is 21.5. The van der Waals surface area contributed by atoms with Gasteiger partial charge in [0.15, 0.2) is 0 Å². The van der Waals surface area contributed by atoms with Crippen LogP contribution in [0.1, 0.15) is 43.1 Å². The van der Waals surface area contributed by atoms with Crippen LogP contribution in [0.25, 0.3) is 10.9 Å². The number of benzene rings is 2. The summed E-state index contributed by atoms with van der Waals surface area (Å²) in [6.07, 6.45) is 2.24. The molecule has 5 heteroatoms. The van der Waals surface area contributed by atoms with Gasteiger partial charge in [-0.2, -0.15) is 0 Å². The minimum absolute atomic E-state index is 0.0626. The van der Waals surface area contributed by atoms with Gasteiger partial charge in [0.05, 0.1) is 12.6 Å². The summed E-state index contributed by atoms with van der Waals surface area (Å²) in [5.41, 5.74) is 4.63. The second kappa shape index (κ2) is 7.88. The lowest BCUT2D eigenvalue weighted by atomic mass is 9.86. The van der Waals surface area contributed by atoms with Gasteiger partial charge >= 0.3 is 0 Å². The number of nitrogens with one attached hydrogen (secondary N) is 1. The monoisotopic (exact) mass is 415 g/mol. The number of carbonyl (C=O) groups excluding carboxylic acids is 2. The van der Waals surface area contributed by atoms with E-state index in [0.29, 0.717) is 18.9 Å². The predicted molar refractivity (Wildman–Crippen MR) is 122 cm³/mol. The van der Waals surface area contributed by atoms with E-state index in [1.807, 2.05) is 35.2 Å². The van der Waals surface area contributed by atoms with E-state index in [0.717, 1.165) is 24.1 Å². The standard InChI is InChI=1S/C26H29N3O2/c1-17(2)15-28-16-24(30)29-22(13-12-18-8-4-3-5-9-18)25-20(14-23(29)26(28)31)19-10-6-7-11-21(19)27-25/h3-11,17,22-23,27H,12-16H2,1-2H3/t22?,23-/m1/s1. The van der Waals surface area contributed by atoms with Gasteiger partial charge in [-0.15, -0.1) is 0 Å². The summed E-state index contributed by atoms with van der Waals surface area (Å²) in [7, 11) is 0. The summed E-state index contributed by atoms with van der Waals surface area (Å²) in [5, 5.41) is 1.17. The molecule has 0 aliphatic carbocycles. The quantitative estimate of drug-likeness (QED) is 0.682. The van der Waals surface area contributed by atoms with E-state index >= 15 is 0 Å². The van der Waals surface area contributed by atoms with Crippen molar-refractivity contribution in [3.63, 3.8) is 0 Å². The number of para-hydroxylation sites is 1. The Kier molecular flexibility index (Phi) is 5.05. The van der Waals surface area contributed by atoms with Crippen LogP contribution in [0.4, 0.5) is 0 Å². The van der Waals surface area contributed by atoms with E-state index < -0.39 is 6.04 Å². The molecule has 1 saturated heterocycles. The van der Waals surface area contributed by atoms with Crippen LogP contribution >= 0.6 is 0 Å². The molecule has 0 bridgehead atoms. The zero-order valence-electron chi connectivity index (χ0n) is 18.2. The Bertz CT molecular complexity index is 1120. The summed E-state index contributed by atoms with van der Waals surface area (Å²) in [6.45, 7) is 4.99. The molecule has 2 amide bonds. The average Bonchev–Trinajstić information content (AvgIpc) is 3.14. The number of H-pyrrole nitrogens is 1. The number of amides is 2. The van der Waals surface area contributed by atoms with E-state index in [1.54, 1.807) is 4.90 Å². The lowest BCUT2D eigenvalue weighted by molar-refractivity contribution is -0.160. The number of aryl methyl sites for hydroxylation is 1. The summed E-state index contributed by atoms with van der Waals surface area (Å²) in [5.74, 6) is 0.492. The van der Waals surface area contributed by atoms with Crippen LogP contribution in [0.3, 0.4) is 0 Å². The first-order valence-corrected chi connectivity index (χ1v) is 11.3. The Morgan fingerprint density at radius 1 is 1.03 bits per heavy atom. The largest absolute Gasteiger partial charge is 0.356 e. The number of aromatic amines is 1. The van der Waals surface area contributed by atoms with Crippen LogP contribution in [0.5, 0.6) is 0 Å². The molecule has 1 N–H and O–H groups in total. The van der Waals surface area contributed by atoms with Crippen LogP contribution in [0.2, 0.25) is 0 Å².